The zero-order valence-electron chi connectivity index (χ0n) is 14.0. The number of carbonyl (C=O) groups excluding carboxylic acids is 2. The molecule has 1 aromatic carbocycles. The Kier molecular flexibility index (Phi) is 5.63. The molecule has 0 unspecified atom stereocenters. The number of hydrogen-bond acceptors (Lipinski definition) is 3. The van der Waals surface area contributed by atoms with Crippen molar-refractivity contribution in [1.29, 1.82) is 0 Å². The molecule has 2 fully saturated rings. The SMILES string of the molecule is O=C(C[C@@H]1COCCN1C(=O)Cc1ccc(F)cc1F)NC1CCC1. The van der Waals surface area contributed by atoms with Gasteiger partial charge in [-0.3, -0.25) is 9.59 Å². The third-order valence-electron chi connectivity index (χ3n) is 4.80. The summed E-state index contributed by atoms with van der Waals surface area (Å²) in [4.78, 5) is 26.3. The van der Waals surface area contributed by atoms with Crippen molar-refractivity contribution in [3.05, 3.63) is 35.4 Å². The number of benzene rings is 1. The lowest BCUT2D eigenvalue weighted by atomic mass is 9.93. The van der Waals surface area contributed by atoms with Crippen LogP contribution in [0.5, 0.6) is 0 Å². The van der Waals surface area contributed by atoms with E-state index < -0.39 is 11.6 Å². The Morgan fingerprint density at radius 3 is 2.76 bits per heavy atom. The van der Waals surface area contributed by atoms with Gasteiger partial charge in [-0.2, -0.15) is 0 Å². The van der Waals surface area contributed by atoms with Gasteiger partial charge in [0.15, 0.2) is 0 Å². The average molecular weight is 352 g/mol. The molecule has 3 rings (SSSR count). The molecule has 25 heavy (non-hydrogen) atoms. The number of halogens is 2. The molecule has 1 heterocycles. The van der Waals surface area contributed by atoms with Crippen molar-refractivity contribution in [1.82, 2.24) is 10.2 Å². The number of rotatable bonds is 5. The second kappa shape index (κ2) is 7.91. The standard InChI is InChI=1S/C18H22F2N2O3/c19-13-5-4-12(16(20)9-13)8-18(24)22-6-7-25-11-15(22)10-17(23)21-14-2-1-3-14/h4-5,9,14-15H,1-3,6-8,10-11H2,(H,21,23)/t15-/m1/s1. The topological polar surface area (TPSA) is 58.6 Å². The smallest absolute Gasteiger partial charge is 0.227 e. The molecule has 1 saturated heterocycles. The fourth-order valence-corrected chi connectivity index (χ4v) is 3.13. The van der Waals surface area contributed by atoms with E-state index in [0.717, 1.165) is 31.4 Å². The monoisotopic (exact) mass is 352 g/mol. The number of hydrogen-bond donors (Lipinski definition) is 1. The lowest BCUT2D eigenvalue weighted by Crippen LogP contribution is -2.52. The van der Waals surface area contributed by atoms with Crippen LogP contribution < -0.4 is 5.32 Å². The summed E-state index contributed by atoms with van der Waals surface area (Å²) >= 11 is 0. The van der Waals surface area contributed by atoms with E-state index in [1.54, 1.807) is 4.90 Å². The van der Waals surface area contributed by atoms with Gasteiger partial charge in [-0.05, 0) is 30.9 Å². The highest BCUT2D eigenvalue weighted by Crippen LogP contribution is 2.19. The lowest BCUT2D eigenvalue weighted by Gasteiger charge is -2.36. The van der Waals surface area contributed by atoms with Gasteiger partial charge in [0.05, 0.1) is 25.7 Å². The fourth-order valence-electron chi connectivity index (χ4n) is 3.13. The predicted octanol–water partition coefficient (Wildman–Crippen LogP) is 1.79. The number of morpholine rings is 1. The van der Waals surface area contributed by atoms with Crippen LogP contribution in [0, 0.1) is 11.6 Å². The van der Waals surface area contributed by atoms with E-state index in [9.17, 15) is 18.4 Å². The van der Waals surface area contributed by atoms with E-state index in [1.807, 2.05) is 0 Å². The maximum atomic E-state index is 13.8. The minimum atomic E-state index is -0.735. The van der Waals surface area contributed by atoms with Crippen LogP contribution in [0.15, 0.2) is 18.2 Å². The maximum Gasteiger partial charge on any atom is 0.227 e. The van der Waals surface area contributed by atoms with Crippen LogP contribution in [0.3, 0.4) is 0 Å². The average Bonchev–Trinajstić information content (AvgIpc) is 2.54. The molecule has 2 aliphatic rings. The van der Waals surface area contributed by atoms with Crippen molar-refractivity contribution < 1.29 is 23.1 Å². The first kappa shape index (κ1) is 17.8. The molecule has 0 spiro atoms. The van der Waals surface area contributed by atoms with Crippen molar-refractivity contribution in [2.45, 2.75) is 44.2 Å². The maximum absolute atomic E-state index is 13.8. The molecule has 1 atom stereocenters. The van der Waals surface area contributed by atoms with E-state index in [1.165, 1.54) is 6.07 Å². The Morgan fingerprint density at radius 2 is 2.08 bits per heavy atom. The molecule has 1 saturated carbocycles. The molecular formula is C18H22F2N2O3. The molecule has 7 heteroatoms. The third-order valence-corrected chi connectivity index (χ3v) is 4.80. The first-order valence-corrected chi connectivity index (χ1v) is 8.63. The highest BCUT2D eigenvalue weighted by atomic mass is 19.1. The highest BCUT2D eigenvalue weighted by Gasteiger charge is 2.30. The Labute approximate surface area is 145 Å². The Balaban J connectivity index is 1.60. The van der Waals surface area contributed by atoms with Gasteiger partial charge in [0.1, 0.15) is 11.6 Å². The molecule has 1 aliphatic heterocycles. The van der Waals surface area contributed by atoms with Gasteiger partial charge in [0.25, 0.3) is 0 Å². The van der Waals surface area contributed by atoms with Crippen molar-refractivity contribution >= 4 is 11.8 Å². The fraction of sp³-hybridized carbons (Fsp3) is 0.556. The highest BCUT2D eigenvalue weighted by molar-refractivity contribution is 5.81. The summed E-state index contributed by atoms with van der Waals surface area (Å²) in [5.41, 5.74) is 0.149. The lowest BCUT2D eigenvalue weighted by molar-refractivity contribution is -0.141. The van der Waals surface area contributed by atoms with Gasteiger partial charge in [-0.15, -0.1) is 0 Å². The summed E-state index contributed by atoms with van der Waals surface area (Å²) < 4.78 is 32.2. The van der Waals surface area contributed by atoms with Crippen molar-refractivity contribution in [2.24, 2.45) is 0 Å². The van der Waals surface area contributed by atoms with Crippen molar-refractivity contribution in [3.63, 3.8) is 0 Å². The van der Waals surface area contributed by atoms with E-state index in [-0.39, 0.29) is 48.9 Å². The Bertz CT molecular complexity index is 649. The molecule has 1 N–H and O–H groups in total. The summed E-state index contributed by atoms with van der Waals surface area (Å²) in [5, 5.41) is 2.95. The quantitative estimate of drug-likeness (QED) is 0.879. The minimum absolute atomic E-state index is 0.0917. The molecule has 136 valence electrons. The number of amides is 2. The van der Waals surface area contributed by atoms with Gasteiger partial charge >= 0.3 is 0 Å². The number of nitrogens with zero attached hydrogens (tertiary/aromatic N) is 1. The molecule has 5 nitrogen and oxygen atoms in total. The van der Waals surface area contributed by atoms with Gasteiger partial charge in [0.2, 0.25) is 11.8 Å². The summed E-state index contributed by atoms with van der Waals surface area (Å²) in [6, 6.07) is 3.07. The largest absolute Gasteiger partial charge is 0.377 e. The summed E-state index contributed by atoms with van der Waals surface area (Å²) in [5.74, 6) is -1.78. The predicted molar refractivity (Wildman–Crippen MR) is 86.8 cm³/mol. The van der Waals surface area contributed by atoms with Crippen LogP contribution >= 0.6 is 0 Å². The van der Waals surface area contributed by atoms with Gasteiger partial charge in [0, 0.05) is 25.1 Å². The molecule has 1 aromatic rings. The van der Waals surface area contributed by atoms with Gasteiger partial charge in [-0.1, -0.05) is 6.07 Å². The number of carbonyl (C=O) groups is 2. The minimum Gasteiger partial charge on any atom is -0.377 e. The first-order chi connectivity index (χ1) is 12.0. The molecule has 1 aliphatic carbocycles. The molecular weight excluding hydrogens is 330 g/mol. The molecule has 0 bridgehead atoms. The van der Waals surface area contributed by atoms with Gasteiger partial charge in [-0.25, -0.2) is 8.78 Å². The Hall–Kier alpha value is -2.02. The van der Waals surface area contributed by atoms with Gasteiger partial charge < -0.3 is 15.0 Å². The van der Waals surface area contributed by atoms with Crippen LogP contribution in [-0.2, 0) is 20.7 Å². The van der Waals surface area contributed by atoms with E-state index in [2.05, 4.69) is 5.32 Å². The van der Waals surface area contributed by atoms with Crippen LogP contribution in [0.25, 0.3) is 0 Å². The third kappa shape index (κ3) is 4.54. The zero-order valence-corrected chi connectivity index (χ0v) is 14.0. The number of nitrogens with one attached hydrogen (secondary N) is 1. The summed E-state index contributed by atoms with van der Waals surface area (Å²) in [7, 11) is 0. The Morgan fingerprint density at radius 1 is 1.28 bits per heavy atom. The first-order valence-electron chi connectivity index (χ1n) is 8.63. The number of ether oxygens (including phenoxy) is 1. The second-order valence-electron chi connectivity index (χ2n) is 6.63. The van der Waals surface area contributed by atoms with Crippen LogP contribution in [0.4, 0.5) is 8.78 Å². The summed E-state index contributed by atoms with van der Waals surface area (Å²) in [6.45, 7) is 1.04. The summed E-state index contributed by atoms with van der Waals surface area (Å²) in [6.07, 6.45) is 3.14. The molecule has 0 radical (unpaired) electrons. The van der Waals surface area contributed by atoms with Crippen molar-refractivity contribution in [3.8, 4) is 0 Å². The normalized spacial score (nSPS) is 20.9. The van der Waals surface area contributed by atoms with Crippen LogP contribution in [0.1, 0.15) is 31.2 Å². The zero-order chi connectivity index (χ0) is 17.8. The second-order valence-corrected chi connectivity index (χ2v) is 6.63. The van der Waals surface area contributed by atoms with E-state index in [4.69, 9.17) is 4.74 Å². The molecule has 0 aromatic heterocycles. The van der Waals surface area contributed by atoms with E-state index >= 15 is 0 Å². The van der Waals surface area contributed by atoms with E-state index in [0.29, 0.717) is 13.2 Å². The van der Waals surface area contributed by atoms with Crippen LogP contribution in [0.2, 0.25) is 0 Å². The van der Waals surface area contributed by atoms with Crippen LogP contribution in [-0.4, -0.2) is 48.6 Å². The molecule has 2 amide bonds. The van der Waals surface area contributed by atoms with Crippen molar-refractivity contribution in [2.75, 3.05) is 19.8 Å².